The van der Waals surface area contributed by atoms with E-state index in [9.17, 15) is 33.2 Å². The summed E-state index contributed by atoms with van der Waals surface area (Å²) in [6.07, 6.45) is 1.01. The Morgan fingerprint density at radius 3 is 2.38 bits per heavy atom. The minimum Gasteiger partial charge on any atom is -0.480 e. The van der Waals surface area contributed by atoms with Crippen molar-refractivity contribution in [1.29, 1.82) is 5.26 Å². The summed E-state index contributed by atoms with van der Waals surface area (Å²) >= 11 is 12.2. The van der Waals surface area contributed by atoms with Crippen molar-refractivity contribution < 1.29 is 27.9 Å². The van der Waals surface area contributed by atoms with Gasteiger partial charge in [-0.1, -0.05) is 65.7 Å². The van der Waals surface area contributed by atoms with E-state index in [0.29, 0.717) is 30.5 Å². The van der Waals surface area contributed by atoms with Gasteiger partial charge in [-0.25, -0.2) is 13.2 Å². The van der Waals surface area contributed by atoms with E-state index in [0.717, 1.165) is 15.4 Å². The zero-order chi connectivity index (χ0) is 32.4. The number of sulfonamides is 1. The number of halogens is 2. The van der Waals surface area contributed by atoms with Gasteiger partial charge in [-0.15, -0.1) is 0 Å². The molecule has 1 amide bonds. The molecule has 2 aliphatic heterocycles. The van der Waals surface area contributed by atoms with Gasteiger partial charge < -0.3 is 15.7 Å². The number of carboxylic acid groups (broad SMARTS) is 1. The van der Waals surface area contributed by atoms with Crippen molar-refractivity contribution >= 4 is 50.9 Å². The highest BCUT2D eigenvalue weighted by Gasteiger charge is 2.60. The third-order valence-corrected chi connectivity index (χ3v) is 10.6. The zero-order valence-electron chi connectivity index (χ0n) is 24.0. The summed E-state index contributed by atoms with van der Waals surface area (Å²) in [5, 5.41) is 25.2. The monoisotopic (exact) mass is 668 g/mol. The number of hydrogen-bond donors (Lipinski definition) is 3. The normalized spacial score (nSPS) is 20.8. The van der Waals surface area contributed by atoms with Crippen LogP contribution in [-0.4, -0.2) is 66.2 Å². The van der Waals surface area contributed by atoms with E-state index >= 15 is 0 Å². The molecule has 10 nitrogen and oxygen atoms in total. The highest BCUT2D eigenvalue weighted by atomic mass is 35.5. The Bertz CT molecular complexity index is 1770. The molecule has 3 aromatic carbocycles. The smallest absolute Gasteiger partial charge is 0.326 e. The molecule has 5 rings (SSSR count). The predicted octanol–water partition coefficient (Wildman–Crippen LogP) is 4.19. The number of aliphatic carboxylic acids is 1. The largest absolute Gasteiger partial charge is 0.480 e. The van der Waals surface area contributed by atoms with Gasteiger partial charge in [0.1, 0.15) is 6.04 Å². The second kappa shape index (κ2) is 13.3. The molecule has 0 aromatic heterocycles. The summed E-state index contributed by atoms with van der Waals surface area (Å²) in [7, 11) is -4.48. The van der Waals surface area contributed by atoms with Crippen LogP contribution < -0.4 is 10.6 Å². The summed E-state index contributed by atoms with van der Waals surface area (Å²) in [6.45, 7) is 0.388. The van der Waals surface area contributed by atoms with Crippen LogP contribution in [0.4, 0.5) is 0 Å². The van der Waals surface area contributed by atoms with Gasteiger partial charge in [0, 0.05) is 23.0 Å². The molecule has 2 saturated heterocycles. The van der Waals surface area contributed by atoms with Crippen molar-refractivity contribution in [2.24, 2.45) is 0 Å². The lowest BCUT2D eigenvalue weighted by Crippen LogP contribution is -2.66. The summed E-state index contributed by atoms with van der Waals surface area (Å²) in [5.74, 6) is -2.98. The van der Waals surface area contributed by atoms with Crippen LogP contribution in [0, 0.1) is 11.3 Å². The van der Waals surface area contributed by atoms with Crippen molar-refractivity contribution in [2.45, 2.75) is 54.6 Å². The molecular weight excluding hydrogens is 639 g/mol. The van der Waals surface area contributed by atoms with Crippen molar-refractivity contribution in [1.82, 2.24) is 14.9 Å². The standard InChI is InChI=1S/C32H30Cl2N4O6S/c33-23-16-24(34)18-25(17-23)45(43,44)38-14-4-12-32(38,29(39)27-7-3-13-36-27)31(42)37-28(30(40)41)15-20-8-10-21(11-9-20)26-6-2-1-5-22(26)19-35/h1-2,5-6,8-11,16-18,27-28,36H,3-4,7,12-15H2,(H,37,42)(H,40,41)/t27-,28-,32-/m0/s1. The number of ketones is 1. The van der Waals surface area contributed by atoms with E-state index in [-0.39, 0.29) is 40.7 Å². The third-order valence-electron chi connectivity index (χ3n) is 8.27. The number of nitrogens with zero attached hydrogens (tertiary/aromatic N) is 2. The first kappa shape index (κ1) is 32.6. The minimum absolute atomic E-state index is 0.0622. The lowest BCUT2D eigenvalue weighted by atomic mass is 9.85. The Labute approximate surface area is 271 Å². The van der Waals surface area contributed by atoms with Gasteiger partial charge in [0.05, 0.1) is 22.6 Å². The van der Waals surface area contributed by atoms with Crippen LogP contribution in [0.1, 0.15) is 36.8 Å². The van der Waals surface area contributed by atoms with Gasteiger partial charge >= 0.3 is 5.97 Å². The van der Waals surface area contributed by atoms with Gasteiger partial charge in [-0.2, -0.15) is 9.57 Å². The molecule has 0 aliphatic carbocycles. The fourth-order valence-corrected chi connectivity index (χ4v) is 8.58. The van der Waals surface area contributed by atoms with Crippen LogP contribution in [-0.2, 0) is 30.8 Å². The average molecular weight is 670 g/mol. The van der Waals surface area contributed by atoms with E-state index in [4.69, 9.17) is 23.2 Å². The third kappa shape index (κ3) is 6.48. The maximum Gasteiger partial charge on any atom is 0.326 e. The maximum absolute atomic E-state index is 14.2. The van der Waals surface area contributed by atoms with Crippen molar-refractivity contribution in [3.8, 4) is 17.2 Å². The van der Waals surface area contributed by atoms with Gasteiger partial charge in [0.15, 0.2) is 11.3 Å². The molecule has 0 radical (unpaired) electrons. The number of hydrogen-bond acceptors (Lipinski definition) is 7. The number of nitriles is 1. The number of benzene rings is 3. The molecule has 45 heavy (non-hydrogen) atoms. The second-order valence-corrected chi connectivity index (χ2v) is 13.8. The fourth-order valence-electron chi connectivity index (χ4n) is 6.07. The van der Waals surface area contributed by atoms with Crippen LogP contribution in [0.3, 0.4) is 0 Å². The molecule has 2 fully saturated rings. The number of rotatable bonds is 10. The molecule has 0 bridgehead atoms. The van der Waals surface area contributed by atoms with Gasteiger partial charge in [-0.05, 0) is 73.2 Å². The number of Topliss-reactive ketones (excluding diaryl/α,β-unsaturated/α-hetero) is 1. The lowest BCUT2D eigenvalue weighted by Gasteiger charge is -2.37. The number of carbonyl (C=O) groups excluding carboxylic acids is 2. The van der Waals surface area contributed by atoms with Crippen molar-refractivity contribution in [3.63, 3.8) is 0 Å². The first-order valence-corrected chi connectivity index (χ1v) is 16.6. The zero-order valence-corrected chi connectivity index (χ0v) is 26.3. The van der Waals surface area contributed by atoms with Crippen molar-refractivity contribution in [3.05, 3.63) is 87.9 Å². The van der Waals surface area contributed by atoms with Crippen LogP contribution in [0.2, 0.25) is 10.0 Å². The van der Waals surface area contributed by atoms with Crippen LogP contribution in [0.15, 0.2) is 71.6 Å². The molecule has 13 heteroatoms. The van der Waals surface area contributed by atoms with Crippen LogP contribution >= 0.6 is 23.2 Å². The molecule has 234 valence electrons. The van der Waals surface area contributed by atoms with Gasteiger partial charge in [-0.3, -0.25) is 9.59 Å². The Morgan fingerprint density at radius 2 is 1.76 bits per heavy atom. The number of carboxylic acids is 1. The average Bonchev–Trinajstić information content (AvgIpc) is 3.72. The van der Waals surface area contributed by atoms with E-state index in [1.807, 2.05) is 12.1 Å². The molecule has 2 aliphatic rings. The number of amides is 1. The highest BCUT2D eigenvalue weighted by Crippen LogP contribution is 2.39. The van der Waals surface area contributed by atoms with Crippen molar-refractivity contribution in [2.75, 3.05) is 13.1 Å². The van der Waals surface area contributed by atoms with E-state index in [1.165, 1.54) is 18.2 Å². The molecule has 0 unspecified atom stereocenters. The summed E-state index contributed by atoms with van der Waals surface area (Å²) in [4.78, 5) is 40.4. The molecule has 3 aromatic rings. The second-order valence-electron chi connectivity index (χ2n) is 11.1. The Kier molecular flexibility index (Phi) is 9.63. The summed E-state index contributed by atoms with van der Waals surface area (Å²) in [6, 6.07) is 17.6. The highest BCUT2D eigenvalue weighted by molar-refractivity contribution is 7.89. The molecule has 3 N–H and O–H groups in total. The molecule has 0 spiro atoms. The number of nitrogens with one attached hydrogen (secondary N) is 2. The minimum atomic E-state index is -4.48. The first-order valence-electron chi connectivity index (χ1n) is 14.4. The Balaban J connectivity index is 1.46. The van der Waals surface area contributed by atoms with Gasteiger partial charge in [0.2, 0.25) is 15.9 Å². The molecule has 2 heterocycles. The summed E-state index contributed by atoms with van der Waals surface area (Å²) in [5.41, 5.74) is 0.355. The fraction of sp³-hybridized carbons (Fsp3) is 0.312. The lowest BCUT2D eigenvalue weighted by molar-refractivity contribution is -0.147. The number of carbonyl (C=O) groups is 3. The quantitative estimate of drug-likeness (QED) is 0.272. The van der Waals surface area contributed by atoms with Crippen LogP contribution in [0.25, 0.3) is 11.1 Å². The topological polar surface area (TPSA) is 157 Å². The Morgan fingerprint density at radius 1 is 1.07 bits per heavy atom. The van der Waals surface area contributed by atoms with E-state index < -0.39 is 45.3 Å². The first-order chi connectivity index (χ1) is 21.5. The Hall–Kier alpha value is -3.79. The summed E-state index contributed by atoms with van der Waals surface area (Å²) < 4.78 is 28.9. The predicted molar refractivity (Wildman–Crippen MR) is 168 cm³/mol. The molecule has 3 atom stereocenters. The van der Waals surface area contributed by atoms with E-state index in [1.54, 1.807) is 36.4 Å². The van der Waals surface area contributed by atoms with Crippen LogP contribution in [0.5, 0.6) is 0 Å². The molecular formula is C32H30Cl2N4O6S. The molecule has 0 saturated carbocycles. The maximum atomic E-state index is 14.2. The van der Waals surface area contributed by atoms with E-state index in [2.05, 4.69) is 16.7 Å². The SMILES string of the molecule is N#Cc1ccccc1-c1ccc(C[C@H](NC(=O)[C@@]2(C(=O)[C@@H]3CCCN3)CCCN2S(=O)(=O)c2cc(Cl)cc(Cl)c2)C(=O)O)cc1. The van der Waals surface area contributed by atoms with Gasteiger partial charge in [0.25, 0.3) is 0 Å².